The summed E-state index contributed by atoms with van der Waals surface area (Å²) >= 11 is 0. The van der Waals surface area contributed by atoms with E-state index in [2.05, 4.69) is 12.2 Å². The van der Waals surface area contributed by atoms with Crippen LogP contribution in [-0.4, -0.2) is 17.6 Å². The molecular formula is C17H21NO2. The lowest BCUT2D eigenvalue weighted by molar-refractivity contribution is 0.0698. The van der Waals surface area contributed by atoms with Gasteiger partial charge >= 0.3 is 5.97 Å². The van der Waals surface area contributed by atoms with Gasteiger partial charge in [-0.15, -0.1) is 0 Å². The van der Waals surface area contributed by atoms with Gasteiger partial charge in [-0.3, -0.25) is 0 Å². The van der Waals surface area contributed by atoms with Crippen LogP contribution in [0.3, 0.4) is 0 Å². The molecule has 0 bridgehead atoms. The summed E-state index contributed by atoms with van der Waals surface area (Å²) in [5.41, 5.74) is 1.09. The quantitative estimate of drug-likeness (QED) is 0.727. The van der Waals surface area contributed by atoms with Crippen molar-refractivity contribution in [1.82, 2.24) is 0 Å². The van der Waals surface area contributed by atoms with Crippen molar-refractivity contribution >= 4 is 22.4 Å². The summed E-state index contributed by atoms with van der Waals surface area (Å²) in [4.78, 5) is 11.4. The van der Waals surface area contributed by atoms with Gasteiger partial charge in [-0.2, -0.15) is 0 Å². The lowest BCUT2D eigenvalue weighted by Gasteiger charge is -2.13. The highest BCUT2D eigenvalue weighted by Gasteiger charge is 2.12. The van der Waals surface area contributed by atoms with Crippen molar-refractivity contribution in [2.45, 2.75) is 32.6 Å². The van der Waals surface area contributed by atoms with Crippen LogP contribution in [0.4, 0.5) is 5.69 Å². The Hall–Kier alpha value is -2.03. The summed E-state index contributed by atoms with van der Waals surface area (Å²) in [5, 5.41) is 14.7. The van der Waals surface area contributed by atoms with Crippen LogP contribution in [0.15, 0.2) is 36.4 Å². The van der Waals surface area contributed by atoms with Gasteiger partial charge in [-0.1, -0.05) is 56.5 Å². The molecule has 0 aromatic heterocycles. The van der Waals surface area contributed by atoms with Crippen LogP contribution in [-0.2, 0) is 0 Å². The minimum Gasteiger partial charge on any atom is -0.478 e. The van der Waals surface area contributed by atoms with E-state index in [0.29, 0.717) is 5.56 Å². The maximum atomic E-state index is 11.4. The summed E-state index contributed by atoms with van der Waals surface area (Å²) < 4.78 is 0. The maximum Gasteiger partial charge on any atom is 0.337 e. The summed E-state index contributed by atoms with van der Waals surface area (Å²) in [6, 6.07) is 11.4. The molecule has 0 aliphatic heterocycles. The Labute approximate surface area is 119 Å². The third kappa shape index (κ3) is 3.29. The van der Waals surface area contributed by atoms with Gasteiger partial charge in [0.25, 0.3) is 0 Å². The number of carboxylic acids is 1. The number of hydrogen-bond donors (Lipinski definition) is 2. The fraction of sp³-hybridized carbons (Fsp3) is 0.353. The van der Waals surface area contributed by atoms with E-state index < -0.39 is 5.97 Å². The standard InChI is InChI=1S/C17H21NO2/c1-2-3-4-7-12-18-16-14-9-6-5-8-13(14)10-11-15(16)17(19)20/h5-6,8-11,18H,2-4,7,12H2,1H3,(H,19,20). The predicted octanol–water partition coefficient (Wildman–Crippen LogP) is 4.53. The van der Waals surface area contributed by atoms with Gasteiger partial charge in [0.15, 0.2) is 0 Å². The second kappa shape index (κ2) is 6.94. The molecule has 0 aliphatic rings. The number of nitrogens with one attached hydrogen (secondary N) is 1. The number of hydrogen-bond acceptors (Lipinski definition) is 2. The summed E-state index contributed by atoms with van der Waals surface area (Å²) in [6.07, 6.45) is 4.67. The van der Waals surface area contributed by atoms with Gasteiger partial charge in [0.1, 0.15) is 0 Å². The summed E-state index contributed by atoms with van der Waals surface area (Å²) in [5.74, 6) is -0.883. The van der Waals surface area contributed by atoms with Crippen LogP contribution in [0.25, 0.3) is 10.8 Å². The molecule has 0 spiro atoms. The monoisotopic (exact) mass is 271 g/mol. The number of carbonyl (C=O) groups is 1. The van der Waals surface area contributed by atoms with E-state index in [1.54, 1.807) is 6.07 Å². The van der Waals surface area contributed by atoms with Gasteiger partial charge in [-0.25, -0.2) is 4.79 Å². The van der Waals surface area contributed by atoms with Crippen molar-refractivity contribution in [1.29, 1.82) is 0 Å². The normalized spacial score (nSPS) is 10.7. The van der Waals surface area contributed by atoms with Crippen molar-refractivity contribution < 1.29 is 9.90 Å². The molecule has 0 heterocycles. The van der Waals surface area contributed by atoms with Crippen LogP contribution < -0.4 is 5.32 Å². The first-order valence-corrected chi connectivity index (χ1v) is 7.23. The zero-order valence-corrected chi connectivity index (χ0v) is 11.9. The fourth-order valence-electron chi connectivity index (χ4n) is 2.41. The number of benzene rings is 2. The zero-order valence-electron chi connectivity index (χ0n) is 11.9. The summed E-state index contributed by atoms with van der Waals surface area (Å²) in [6.45, 7) is 2.99. The Morgan fingerprint density at radius 3 is 2.65 bits per heavy atom. The first-order valence-electron chi connectivity index (χ1n) is 7.23. The Morgan fingerprint density at radius 1 is 1.10 bits per heavy atom. The molecule has 0 aliphatic carbocycles. The largest absolute Gasteiger partial charge is 0.478 e. The van der Waals surface area contributed by atoms with Gasteiger partial charge in [0.2, 0.25) is 0 Å². The highest BCUT2D eigenvalue weighted by Crippen LogP contribution is 2.27. The third-order valence-corrected chi connectivity index (χ3v) is 3.49. The predicted molar refractivity (Wildman–Crippen MR) is 83.5 cm³/mol. The molecule has 2 aromatic carbocycles. The highest BCUT2D eigenvalue weighted by atomic mass is 16.4. The number of aromatic carboxylic acids is 1. The van der Waals surface area contributed by atoms with Crippen molar-refractivity contribution in [3.63, 3.8) is 0 Å². The van der Waals surface area contributed by atoms with E-state index in [9.17, 15) is 9.90 Å². The van der Waals surface area contributed by atoms with E-state index in [-0.39, 0.29) is 0 Å². The van der Waals surface area contributed by atoms with E-state index >= 15 is 0 Å². The van der Waals surface area contributed by atoms with Crippen molar-refractivity contribution in [2.75, 3.05) is 11.9 Å². The molecule has 0 fully saturated rings. The number of carboxylic acid groups (broad SMARTS) is 1. The van der Waals surface area contributed by atoms with E-state index in [1.807, 2.05) is 30.3 Å². The molecule has 0 amide bonds. The molecule has 106 valence electrons. The molecule has 0 saturated heterocycles. The molecular weight excluding hydrogens is 250 g/mol. The molecule has 0 saturated carbocycles. The first-order chi connectivity index (χ1) is 9.74. The molecule has 20 heavy (non-hydrogen) atoms. The molecule has 3 nitrogen and oxygen atoms in total. The Balaban J connectivity index is 2.23. The second-order valence-corrected chi connectivity index (χ2v) is 5.00. The van der Waals surface area contributed by atoms with Crippen LogP contribution in [0.2, 0.25) is 0 Å². The van der Waals surface area contributed by atoms with Crippen LogP contribution >= 0.6 is 0 Å². The van der Waals surface area contributed by atoms with E-state index in [0.717, 1.165) is 29.4 Å². The highest BCUT2D eigenvalue weighted by molar-refractivity contribution is 6.05. The van der Waals surface area contributed by atoms with Crippen molar-refractivity contribution in [3.8, 4) is 0 Å². The first kappa shape index (κ1) is 14.4. The van der Waals surface area contributed by atoms with E-state index in [1.165, 1.54) is 19.3 Å². The van der Waals surface area contributed by atoms with Gasteiger partial charge in [-0.05, 0) is 17.9 Å². The molecule has 2 aromatic rings. The van der Waals surface area contributed by atoms with Gasteiger partial charge in [0.05, 0.1) is 11.3 Å². The number of fused-ring (bicyclic) bond motifs is 1. The lowest BCUT2D eigenvalue weighted by atomic mass is 10.0. The van der Waals surface area contributed by atoms with Crippen molar-refractivity contribution in [2.24, 2.45) is 0 Å². The van der Waals surface area contributed by atoms with Crippen molar-refractivity contribution in [3.05, 3.63) is 42.0 Å². The minimum absolute atomic E-state index is 0.346. The minimum atomic E-state index is -0.883. The number of rotatable bonds is 7. The van der Waals surface area contributed by atoms with Crippen LogP contribution in [0.5, 0.6) is 0 Å². The topological polar surface area (TPSA) is 49.3 Å². The van der Waals surface area contributed by atoms with Crippen LogP contribution in [0, 0.1) is 0 Å². The SMILES string of the molecule is CCCCCCNc1c(C(=O)O)ccc2ccccc12. The van der Waals surface area contributed by atoms with Gasteiger partial charge in [0, 0.05) is 11.9 Å². The smallest absolute Gasteiger partial charge is 0.337 e. The second-order valence-electron chi connectivity index (χ2n) is 5.00. The molecule has 0 radical (unpaired) electrons. The number of unbranched alkanes of at least 4 members (excludes halogenated alkanes) is 3. The molecule has 0 atom stereocenters. The molecule has 2 rings (SSSR count). The number of anilines is 1. The Kier molecular flexibility index (Phi) is 4.99. The van der Waals surface area contributed by atoms with E-state index in [4.69, 9.17) is 0 Å². The van der Waals surface area contributed by atoms with Crippen LogP contribution in [0.1, 0.15) is 43.0 Å². The van der Waals surface area contributed by atoms with Gasteiger partial charge < -0.3 is 10.4 Å². The molecule has 3 heteroatoms. The molecule has 2 N–H and O–H groups in total. The zero-order chi connectivity index (χ0) is 14.4. The fourth-order valence-corrected chi connectivity index (χ4v) is 2.41. The average Bonchev–Trinajstić information content (AvgIpc) is 2.46. The summed E-state index contributed by atoms with van der Waals surface area (Å²) in [7, 11) is 0. The Bertz CT molecular complexity index is 593. The lowest BCUT2D eigenvalue weighted by Crippen LogP contribution is -2.08. The molecule has 0 unspecified atom stereocenters. The maximum absolute atomic E-state index is 11.4. The average molecular weight is 271 g/mol. The Morgan fingerprint density at radius 2 is 1.90 bits per heavy atom. The third-order valence-electron chi connectivity index (χ3n) is 3.49.